The summed E-state index contributed by atoms with van der Waals surface area (Å²) in [7, 11) is 0. The molecular weight excluding hydrogens is 234 g/mol. The minimum absolute atomic E-state index is 0.0532. The second-order valence-electron chi connectivity index (χ2n) is 3.84. The van der Waals surface area contributed by atoms with E-state index in [1.807, 2.05) is 12.1 Å². The predicted molar refractivity (Wildman–Crippen MR) is 66.0 cm³/mol. The highest BCUT2D eigenvalue weighted by Gasteiger charge is 2.16. The molecule has 5 N–H and O–H groups in total. The summed E-state index contributed by atoms with van der Waals surface area (Å²) >= 11 is 0. The lowest BCUT2D eigenvalue weighted by molar-refractivity contribution is -0.118. The van der Waals surface area contributed by atoms with Gasteiger partial charge in [0.1, 0.15) is 5.75 Å². The van der Waals surface area contributed by atoms with Crippen molar-refractivity contribution in [2.75, 3.05) is 17.3 Å². The lowest BCUT2D eigenvalue weighted by Crippen LogP contribution is -2.25. The molecule has 2 heterocycles. The first-order chi connectivity index (χ1) is 8.76. The molecule has 1 aliphatic heterocycles. The Morgan fingerprint density at radius 1 is 1.44 bits per heavy atom. The van der Waals surface area contributed by atoms with E-state index in [0.29, 0.717) is 17.4 Å². The van der Waals surface area contributed by atoms with Crippen molar-refractivity contribution < 1.29 is 9.53 Å². The Labute approximate surface area is 102 Å². The van der Waals surface area contributed by atoms with Gasteiger partial charge in [-0.2, -0.15) is 0 Å². The monoisotopic (exact) mass is 245 g/mol. The molecule has 0 unspecified atom stereocenters. The SMILES string of the molecule is NNc1ncc(-c2ccc3c(c2)NC(=O)CO3)[nH]1. The number of H-pyrrole nitrogens is 1. The molecule has 2 aromatic rings. The number of nitrogens with zero attached hydrogens (tertiary/aromatic N) is 1. The number of carbonyl (C=O) groups excluding carboxylic acids is 1. The molecule has 0 spiro atoms. The van der Waals surface area contributed by atoms with Crippen LogP contribution in [0.3, 0.4) is 0 Å². The quantitative estimate of drug-likeness (QED) is 0.460. The van der Waals surface area contributed by atoms with Crippen molar-refractivity contribution in [1.82, 2.24) is 9.97 Å². The van der Waals surface area contributed by atoms with Crippen molar-refractivity contribution in [3.8, 4) is 17.0 Å². The van der Waals surface area contributed by atoms with Crippen molar-refractivity contribution in [3.63, 3.8) is 0 Å². The minimum Gasteiger partial charge on any atom is -0.482 e. The Balaban J connectivity index is 1.98. The van der Waals surface area contributed by atoms with Crippen molar-refractivity contribution in [2.24, 2.45) is 5.84 Å². The molecule has 1 aliphatic rings. The number of nitrogens with two attached hydrogens (primary N) is 1. The number of nitrogen functional groups attached to an aromatic ring is 1. The van der Waals surface area contributed by atoms with Crippen molar-refractivity contribution in [2.45, 2.75) is 0 Å². The van der Waals surface area contributed by atoms with Crippen LogP contribution in [0.25, 0.3) is 11.3 Å². The van der Waals surface area contributed by atoms with Crippen LogP contribution in [0.1, 0.15) is 0 Å². The number of hydrogen-bond acceptors (Lipinski definition) is 5. The van der Waals surface area contributed by atoms with Crippen LogP contribution in [-0.2, 0) is 4.79 Å². The molecule has 0 atom stereocenters. The molecule has 0 saturated carbocycles. The molecular formula is C11H11N5O2. The largest absolute Gasteiger partial charge is 0.482 e. The number of aromatic amines is 1. The summed E-state index contributed by atoms with van der Waals surface area (Å²) in [5.74, 6) is 6.23. The zero-order valence-corrected chi connectivity index (χ0v) is 9.36. The van der Waals surface area contributed by atoms with Gasteiger partial charge in [-0.1, -0.05) is 0 Å². The van der Waals surface area contributed by atoms with Crippen LogP contribution in [0.5, 0.6) is 5.75 Å². The summed E-state index contributed by atoms with van der Waals surface area (Å²) < 4.78 is 5.28. The molecule has 1 amide bonds. The molecule has 18 heavy (non-hydrogen) atoms. The first-order valence-corrected chi connectivity index (χ1v) is 5.35. The number of hydrazine groups is 1. The third-order valence-corrected chi connectivity index (χ3v) is 2.64. The van der Waals surface area contributed by atoms with Gasteiger partial charge in [0, 0.05) is 5.56 Å². The average Bonchev–Trinajstić information content (AvgIpc) is 2.86. The zero-order valence-electron chi connectivity index (χ0n) is 9.36. The molecule has 1 aromatic heterocycles. The van der Waals surface area contributed by atoms with Gasteiger partial charge >= 0.3 is 0 Å². The first kappa shape index (κ1) is 10.6. The molecule has 92 valence electrons. The molecule has 1 aromatic carbocycles. The van der Waals surface area contributed by atoms with E-state index in [9.17, 15) is 4.79 Å². The summed E-state index contributed by atoms with van der Waals surface area (Å²) in [4.78, 5) is 18.3. The lowest BCUT2D eigenvalue weighted by atomic mass is 10.1. The van der Waals surface area contributed by atoms with E-state index in [0.717, 1.165) is 11.3 Å². The fourth-order valence-corrected chi connectivity index (χ4v) is 1.79. The van der Waals surface area contributed by atoms with Crippen LogP contribution in [0.2, 0.25) is 0 Å². The van der Waals surface area contributed by atoms with Gasteiger partial charge in [-0.15, -0.1) is 0 Å². The number of aromatic nitrogens is 2. The highest BCUT2D eigenvalue weighted by Crippen LogP contribution is 2.32. The van der Waals surface area contributed by atoms with Crippen molar-refractivity contribution >= 4 is 17.5 Å². The van der Waals surface area contributed by atoms with E-state index in [4.69, 9.17) is 10.6 Å². The second-order valence-corrected chi connectivity index (χ2v) is 3.84. The molecule has 0 bridgehead atoms. The average molecular weight is 245 g/mol. The number of carbonyl (C=O) groups is 1. The highest BCUT2D eigenvalue weighted by atomic mass is 16.5. The number of anilines is 2. The van der Waals surface area contributed by atoms with Gasteiger partial charge in [0.15, 0.2) is 6.61 Å². The smallest absolute Gasteiger partial charge is 0.262 e. The van der Waals surface area contributed by atoms with E-state index in [-0.39, 0.29) is 12.5 Å². The summed E-state index contributed by atoms with van der Waals surface area (Å²) in [5.41, 5.74) is 4.76. The number of rotatable bonds is 2. The number of benzene rings is 1. The molecule has 7 heteroatoms. The highest BCUT2D eigenvalue weighted by molar-refractivity contribution is 5.96. The summed E-state index contributed by atoms with van der Waals surface area (Å²) in [5, 5.41) is 2.75. The van der Waals surface area contributed by atoms with Crippen LogP contribution >= 0.6 is 0 Å². The van der Waals surface area contributed by atoms with Gasteiger partial charge in [-0.05, 0) is 18.2 Å². The topological polar surface area (TPSA) is 105 Å². The Hall–Kier alpha value is -2.54. The van der Waals surface area contributed by atoms with Crippen molar-refractivity contribution in [1.29, 1.82) is 0 Å². The van der Waals surface area contributed by atoms with Gasteiger partial charge in [0.2, 0.25) is 5.95 Å². The number of imidazole rings is 1. The standard InChI is InChI=1S/C11H11N5O2/c12-16-11-13-4-8(15-11)6-1-2-9-7(3-6)14-10(17)5-18-9/h1-4H,5,12H2,(H,14,17)(H2,13,15,16). The zero-order chi connectivity index (χ0) is 12.5. The molecule has 0 aliphatic carbocycles. The van der Waals surface area contributed by atoms with Crippen LogP contribution in [0.4, 0.5) is 11.6 Å². The number of ether oxygens (including phenoxy) is 1. The predicted octanol–water partition coefficient (Wildman–Crippen LogP) is 0.693. The molecule has 7 nitrogen and oxygen atoms in total. The fourth-order valence-electron chi connectivity index (χ4n) is 1.79. The Kier molecular flexibility index (Phi) is 2.38. The Morgan fingerprint density at radius 2 is 2.33 bits per heavy atom. The van der Waals surface area contributed by atoms with Crippen molar-refractivity contribution in [3.05, 3.63) is 24.4 Å². The number of hydrogen-bond donors (Lipinski definition) is 4. The maximum absolute atomic E-state index is 11.2. The summed E-state index contributed by atoms with van der Waals surface area (Å²) in [6.45, 7) is 0.0532. The summed E-state index contributed by atoms with van der Waals surface area (Å²) in [6, 6.07) is 5.50. The molecule has 0 radical (unpaired) electrons. The Morgan fingerprint density at radius 3 is 3.11 bits per heavy atom. The van der Waals surface area contributed by atoms with Crippen LogP contribution in [-0.4, -0.2) is 22.5 Å². The van der Waals surface area contributed by atoms with E-state index < -0.39 is 0 Å². The third kappa shape index (κ3) is 1.76. The third-order valence-electron chi connectivity index (χ3n) is 2.64. The van der Waals surface area contributed by atoms with Crippen LogP contribution in [0, 0.1) is 0 Å². The van der Waals surface area contributed by atoms with Gasteiger partial charge < -0.3 is 15.0 Å². The van der Waals surface area contributed by atoms with Gasteiger partial charge in [0.25, 0.3) is 5.91 Å². The van der Waals surface area contributed by atoms with E-state index >= 15 is 0 Å². The summed E-state index contributed by atoms with van der Waals surface area (Å²) in [6.07, 6.45) is 1.66. The lowest BCUT2D eigenvalue weighted by Gasteiger charge is -2.18. The first-order valence-electron chi connectivity index (χ1n) is 5.35. The molecule has 0 saturated heterocycles. The maximum Gasteiger partial charge on any atom is 0.262 e. The van der Waals surface area contributed by atoms with E-state index in [2.05, 4.69) is 20.7 Å². The normalized spacial score (nSPS) is 13.5. The maximum atomic E-state index is 11.2. The number of nitrogens with one attached hydrogen (secondary N) is 3. The Bertz CT molecular complexity index is 607. The van der Waals surface area contributed by atoms with Crippen LogP contribution in [0.15, 0.2) is 24.4 Å². The fraction of sp³-hybridized carbons (Fsp3) is 0.0909. The van der Waals surface area contributed by atoms with Gasteiger partial charge in [-0.3, -0.25) is 10.2 Å². The van der Waals surface area contributed by atoms with Gasteiger partial charge in [-0.25, -0.2) is 10.8 Å². The second kappa shape index (κ2) is 4.04. The minimum atomic E-state index is -0.159. The molecule has 3 rings (SSSR count). The number of amides is 1. The molecule has 0 fully saturated rings. The number of fused-ring (bicyclic) bond motifs is 1. The van der Waals surface area contributed by atoms with Gasteiger partial charge in [0.05, 0.1) is 17.6 Å². The van der Waals surface area contributed by atoms with E-state index in [1.54, 1.807) is 12.3 Å². The van der Waals surface area contributed by atoms with Crippen LogP contribution < -0.4 is 21.3 Å². The van der Waals surface area contributed by atoms with E-state index in [1.165, 1.54) is 0 Å².